The third-order valence-electron chi connectivity index (χ3n) is 2.77. The molecular formula is C10H14BrNO4S2. The van der Waals surface area contributed by atoms with Gasteiger partial charge in [0.15, 0.2) is 0 Å². The van der Waals surface area contributed by atoms with Crippen LogP contribution in [0.3, 0.4) is 0 Å². The molecule has 1 aliphatic heterocycles. The molecule has 1 aromatic heterocycles. The fraction of sp³-hybridized carbons (Fsp3) is 0.600. The zero-order valence-corrected chi connectivity index (χ0v) is 13.0. The van der Waals surface area contributed by atoms with Crippen molar-refractivity contribution in [3.05, 3.63) is 15.4 Å². The maximum absolute atomic E-state index is 12.0. The van der Waals surface area contributed by atoms with Gasteiger partial charge in [-0.3, -0.25) is 0 Å². The van der Waals surface area contributed by atoms with Gasteiger partial charge in [-0.1, -0.05) is 0 Å². The minimum absolute atomic E-state index is 0.0239. The summed E-state index contributed by atoms with van der Waals surface area (Å²) in [5, 5.41) is 10.0. The molecule has 1 unspecified atom stereocenters. The lowest BCUT2D eigenvalue weighted by molar-refractivity contribution is 0.0315. The summed E-state index contributed by atoms with van der Waals surface area (Å²) in [6.45, 7) is 2.44. The molecule has 102 valence electrons. The highest BCUT2D eigenvalue weighted by Crippen LogP contribution is 2.30. The fourth-order valence-corrected chi connectivity index (χ4v) is 4.99. The van der Waals surface area contributed by atoms with Gasteiger partial charge in [0.1, 0.15) is 9.81 Å². The van der Waals surface area contributed by atoms with E-state index in [1.165, 1.54) is 0 Å². The molecule has 18 heavy (non-hydrogen) atoms. The Bertz CT molecular complexity index is 515. The highest BCUT2D eigenvalue weighted by atomic mass is 79.9. The zero-order chi connectivity index (χ0) is 13.4. The first-order valence-corrected chi connectivity index (χ1v) is 8.47. The van der Waals surface area contributed by atoms with E-state index in [0.717, 1.165) is 20.7 Å². The number of hydrogen-bond donors (Lipinski definition) is 2. The summed E-state index contributed by atoms with van der Waals surface area (Å²) in [6.07, 6.45) is 0.447. The van der Waals surface area contributed by atoms with Gasteiger partial charge in [-0.15, -0.1) is 11.3 Å². The van der Waals surface area contributed by atoms with Crippen molar-refractivity contribution in [2.75, 3.05) is 19.8 Å². The van der Waals surface area contributed by atoms with E-state index in [-0.39, 0.29) is 17.4 Å². The third-order valence-corrected chi connectivity index (χ3v) is 6.78. The smallest absolute Gasteiger partial charge is 0.250 e. The normalized spacial score (nSPS) is 24.6. The molecule has 1 aliphatic rings. The van der Waals surface area contributed by atoms with Crippen LogP contribution in [0.25, 0.3) is 0 Å². The number of hydrogen-bond acceptors (Lipinski definition) is 5. The summed E-state index contributed by atoms with van der Waals surface area (Å²) < 4.78 is 32.6. The van der Waals surface area contributed by atoms with Crippen molar-refractivity contribution < 1.29 is 18.3 Å². The van der Waals surface area contributed by atoms with Crippen LogP contribution < -0.4 is 4.72 Å². The van der Waals surface area contributed by atoms with E-state index in [2.05, 4.69) is 20.7 Å². The van der Waals surface area contributed by atoms with Gasteiger partial charge in [-0.05, 0) is 34.5 Å². The van der Waals surface area contributed by atoms with Crippen molar-refractivity contribution in [2.24, 2.45) is 0 Å². The number of aryl methyl sites for hydroxylation is 1. The van der Waals surface area contributed by atoms with Gasteiger partial charge in [0.05, 0.1) is 10.4 Å². The van der Waals surface area contributed by atoms with Crippen LogP contribution in [0.15, 0.2) is 14.1 Å². The Balaban J connectivity index is 2.08. The Hall–Kier alpha value is 0.01000. The quantitative estimate of drug-likeness (QED) is 0.852. The predicted octanol–water partition coefficient (Wildman–Crippen LogP) is 1.25. The van der Waals surface area contributed by atoms with Crippen LogP contribution in [0.5, 0.6) is 0 Å². The molecule has 0 aromatic carbocycles. The van der Waals surface area contributed by atoms with Crippen molar-refractivity contribution in [3.63, 3.8) is 0 Å². The Morgan fingerprint density at radius 2 is 2.39 bits per heavy atom. The molecule has 1 saturated heterocycles. The summed E-state index contributed by atoms with van der Waals surface area (Å²) in [5.41, 5.74) is -0.209. The number of halogens is 1. The standard InChI is InChI=1S/C10H14BrNO4S2/c1-7-4-8(17-9(7)11)18(14,15)12-5-10(13)2-3-16-6-10/h4,12-13H,2-3,5-6H2,1H3. The monoisotopic (exact) mass is 355 g/mol. The molecule has 0 radical (unpaired) electrons. The zero-order valence-electron chi connectivity index (χ0n) is 9.77. The summed E-state index contributed by atoms with van der Waals surface area (Å²) in [6, 6.07) is 1.60. The first-order valence-electron chi connectivity index (χ1n) is 5.38. The van der Waals surface area contributed by atoms with Gasteiger partial charge in [0, 0.05) is 19.6 Å². The lowest BCUT2D eigenvalue weighted by atomic mass is 10.1. The summed E-state index contributed by atoms with van der Waals surface area (Å²) in [5.74, 6) is 0. The molecule has 8 heteroatoms. The van der Waals surface area contributed by atoms with Crippen LogP contribution in [-0.2, 0) is 14.8 Å². The minimum Gasteiger partial charge on any atom is -0.386 e. The van der Waals surface area contributed by atoms with E-state index < -0.39 is 15.6 Å². The summed E-state index contributed by atoms with van der Waals surface area (Å²) in [7, 11) is -3.56. The first kappa shape index (κ1) is 14.4. The first-order chi connectivity index (χ1) is 8.32. The molecular weight excluding hydrogens is 342 g/mol. The summed E-state index contributed by atoms with van der Waals surface area (Å²) in [4.78, 5) is 0. The molecule has 2 rings (SSSR count). The maximum Gasteiger partial charge on any atom is 0.250 e. The molecule has 2 heterocycles. The number of aliphatic hydroxyl groups is 1. The van der Waals surface area contributed by atoms with E-state index in [1.807, 2.05) is 6.92 Å². The van der Waals surface area contributed by atoms with Crippen LogP contribution in [-0.4, -0.2) is 38.9 Å². The molecule has 1 aromatic rings. The largest absolute Gasteiger partial charge is 0.386 e. The molecule has 0 spiro atoms. The van der Waals surface area contributed by atoms with Crippen molar-refractivity contribution >= 4 is 37.3 Å². The van der Waals surface area contributed by atoms with Crippen LogP contribution >= 0.6 is 27.3 Å². The average Bonchev–Trinajstić information content (AvgIpc) is 2.86. The molecule has 5 nitrogen and oxygen atoms in total. The van der Waals surface area contributed by atoms with E-state index in [0.29, 0.717) is 13.0 Å². The lowest BCUT2D eigenvalue weighted by Gasteiger charge is -2.20. The Morgan fingerprint density at radius 3 is 2.89 bits per heavy atom. The Labute approximate surface area is 118 Å². The number of thiophene rings is 1. The van der Waals surface area contributed by atoms with Gasteiger partial charge in [-0.25, -0.2) is 13.1 Å². The third kappa shape index (κ3) is 3.12. The molecule has 0 amide bonds. The maximum atomic E-state index is 12.0. The van der Waals surface area contributed by atoms with E-state index in [4.69, 9.17) is 4.74 Å². The van der Waals surface area contributed by atoms with Crippen LogP contribution in [0.4, 0.5) is 0 Å². The number of rotatable bonds is 4. The molecule has 0 saturated carbocycles. The van der Waals surface area contributed by atoms with Crippen molar-refractivity contribution in [3.8, 4) is 0 Å². The van der Waals surface area contributed by atoms with Gasteiger partial charge < -0.3 is 9.84 Å². The van der Waals surface area contributed by atoms with Crippen molar-refractivity contribution in [1.29, 1.82) is 0 Å². The summed E-state index contributed by atoms with van der Waals surface area (Å²) >= 11 is 4.45. The van der Waals surface area contributed by atoms with Gasteiger partial charge in [0.2, 0.25) is 10.0 Å². The number of ether oxygens (including phenoxy) is 1. The second kappa shape index (κ2) is 5.18. The predicted molar refractivity (Wildman–Crippen MR) is 72.3 cm³/mol. The van der Waals surface area contributed by atoms with Crippen molar-refractivity contribution in [2.45, 2.75) is 23.2 Å². The van der Waals surface area contributed by atoms with Gasteiger partial charge in [0.25, 0.3) is 0 Å². The second-order valence-corrected chi connectivity index (χ2v) is 8.74. The van der Waals surface area contributed by atoms with E-state index >= 15 is 0 Å². The van der Waals surface area contributed by atoms with Crippen LogP contribution in [0.1, 0.15) is 12.0 Å². The van der Waals surface area contributed by atoms with Crippen LogP contribution in [0, 0.1) is 6.92 Å². The Kier molecular flexibility index (Phi) is 4.15. The number of sulfonamides is 1. The lowest BCUT2D eigenvalue weighted by Crippen LogP contribution is -2.43. The highest BCUT2D eigenvalue weighted by molar-refractivity contribution is 9.11. The van der Waals surface area contributed by atoms with Crippen molar-refractivity contribution in [1.82, 2.24) is 4.72 Å². The topological polar surface area (TPSA) is 75.6 Å². The van der Waals surface area contributed by atoms with Crippen LogP contribution in [0.2, 0.25) is 0 Å². The fourth-order valence-electron chi connectivity index (χ4n) is 1.60. The molecule has 0 aliphatic carbocycles. The molecule has 1 atom stereocenters. The SMILES string of the molecule is Cc1cc(S(=O)(=O)NCC2(O)CCOC2)sc1Br. The minimum atomic E-state index is -3.56. The van der Waals surface area contributed by atoms with Gasteiger partial charge in [-0.2, -0.15) is 0 Å². The average molecular weight is 356 g/mol. The number of nitrogens with one attached hydrogen (secondary N) is 1. The van der Waals surface area contributed by atoms with E-state index in [1.54, 1.807) is 6.07 Å². The second-order valence-electron chi connectivity index (χ2n) is 4.37. The molecule has 1 fully saturated rings. The highest BCUT2D eigenvalue weighted by Gasteiger charge is 2.34. The molecule has 0 bridgehead atoms. The Morgan fingerprint density at radius 1 is 1.67 bits per heavy atom. The molecule has 2 N–H and O–H groups in total. The van der Waals surface area contributed by atoms with E-state index in [9.17, 15) is 13.5 Å². The van der Waals surface area contributed by atoms with Gasteiger partial charge >= 0.3 is 0 Å².